The molecule has 0 radical (unpaired) electrons. The first-order chi connectivity index (χ1) is 8.56. The monoisotopic (exact) mass is 246 g/mol. The van der Waals surface area contributed by atoms with E-state index in [0.717, 1.165) is 17.7 Å². The zero-order valence-corrected chi connectivity index (χ0v) is 10.1. The number of Topliss-reactive ketones (excluding diaryl/α,β-unsaturated/α-hetero) is 1. The minimum absolute atomic E-state index is 0.0512. The van der Waals surface area contributed by atoms with Gasteiger partial charge in [0.05, 0.1) is 5.92 Å². The Labute approximate surface area is 105 Å². The maximum absolute atomic E-state index is 12.1. The number of fused-ring (bicyclic) bond motifs is 1. The van der Waals surface area contributed by atoms with Gasteiger partial charge >= 0.3 is 5.97 Å². The fraction of sp³-hybridized carbons (Fsp3) is 0.429. The van der Waals surface area contributed by atoms with Crippen molar-refractivity contribution in [2.45, 2.75) is 25.9 Å². The largest absolute Gasteiger partial charge is 0.490 e. The predicted molar refractivity (Wildman–Crippen MR) is 63.8 cm³/mol. The first-order valence-corrected chi connectivity index (χ1v) is 6.13. The van der Waals surface area contributed by atoms with Gasteiger partial charge in [-0.15, -0.1) is 0 Å². The Bertz CT molecular complexity index is 535. The molecule has 1 aliphatic heterocycles. The molecule has 1 fully saturated rings. The molecule has 1 heterocycles. The van der Waals surface area contributed by atoms with Crippen molar-refractivity contribution in [3.63, 3.8) is 0 Å². The molecule has 0 aromatic heterocycles. The zero-order valence-electron chi connectivity index (χ0n) is 10.1. The van der Waals surface area contributed by atoms with Crippen LogP contribution in [0.4, 0.5) is 0 Å². The summed E-state index contributed by atoms with van der Waals surface area (Å²) in [4.78, 5) is 22.9. The van der Waals surface area contributed by atoms with Crippen LogP contribution in [0.15, 0.2) is 18.2 Å². The molecule has 1 aromatic rings. The lowest BCUT2D eigenvalue weighted by Gasteiger charge is -2.03. The van der Waals surface area contributed by atoms with Crippen LogP contribution in [0.2, 0.25) is 0 Å². The summed E-state index contributed by atoms with van der Waals surface area (Å²) in [5, 5.41) is 8.84. The van der Waals surface area contributed by atoms with E-state index in [1.165, 1.54) is 0 Å². The van der Waals surface area contributed by atoms with Crippen molar-refractivity contribution in [1.82, 2.24) is 0 Å². The minimum atomic E-state index is -0.869. The Balaban J connectivity index is 1.80. The Hall–Kier alpha value is -1.84. The quantitative estimate of drug-likeness (QED) is 0.827. The molecule has 1 aromatic carbocycles. The summed E-state index contributed by atoms with van der Waals surface area (Å²) in [5.74, 6) is -0.901. The highest BCUT2D eigenvalue weighted by molar-refractivity contribution is 6.02. The third kappa shape index (κ3) is 1.78. The number of hydrogen-bond acceptors (Lipinski definition) is 3. The van der Waals surface area contributed by atoms with E-state index in [4.69, 9.17) is 9.84 Å². The molecule has 3 rings (SSSR count). The van der Waals surface area contributed by atoms with Gasteiger partial charge in [0.25, 0.3) is 0 Å². The third-order valence-corrected chi connectivity index (χ3v) is 3.62. The second kappa shape index (κ2) is 3.83. The zero-order chi connectivity index (χ0) is 12.9. The molecular weight excluding hydrogens is 232 g/mol. The fourth-order valence-corrected chi connectivity index (χ4v) is 2.55. The standard InChI is InChI=1S/C14H14O4/c1-7-4-9-5-8(2-3-12(9)18-7)13(15)10-6-11(10)14(16)17/h2-3,5,7,10-11H,4,6H2,1H3,(H,16,17)/t7?,10-,11-/m0/s1. The Kier molecular flexibility index (Phi) is 2.40. The van der Waals surface area contributed by atoms with Gasteiger partial charge in [0.2, 0.25) is 0 Å². The van der Waals surface area contributed by atoms with Crippen molar-refractivity contribution in [1.29, 1.82) is 0 Å². The van der Waals surface area contributed by atoms with E-state index in [-0.39, 0.29) is 17.8 Å². The Morgan fingerprint density at radius 3 is 2.78 bits per heavy atom. The van der Waals surface area contributed by atoms with Crippen molar-refractivity contribution < 1.29 is 19.4 Å². The topological polar surface area (TPSA) is 63.6 Å². The van der Waals surface area contributed by atoms with E-state index < -0.39 is 11.9 Å². The van der Waals surface area contributed by atoms with Gasteiger partial charge in [0.15, 0.2) is 5.78 Å². The van der Waals surface area contributed by atoms with Gasteiger partial charge in [0, 0.05) is 17.9 Å². The van der Waals surface area contributed by atoms with Crippen molar-refractivity contribution in [2.75, 3.05) is 0 Å². The molecular formula is C14H14O4. The van der Waals surface area contributed by atoms with Crippen LogP contribution in [0.5, 0.6) is 5.75 Å². The number of ether oxygens (including phenoxy) is 1. The lowest BCUT2D eigenvalue weighted by molar-refractivity contribution is -0.138. The Morgan fingerprint density at radius 1 is 1.33 bits per heavy atom. The molecule has 0 spiro atoms. The molecule has 94 valence electrons. The van der Waals surface area contributed by atoms with Gasteiger partial charge < -0.3 is 9.84 Å². The predicted octanol–water partition coefficient (Wildman–Crippen LogP) is 1.91. The summed E-state index contributed by atoms with van der Waals surface area (Å²) in [6.07, 6.45) is 1.43. The number of rotatable bonds is 3. The van der Waals surface area contributed by atoms with Crippen LogP contribution in [0, 0.1) is 11.8 Å². The number of carboxylic acids is 1. The van der Waals surface area contributed by atoms with Crippen LogP contribution in [0.1, 0.15) is 29.3 Å². The second-order valence-corrected chi connectivity index (χ2v) is 5.11. The summed E-state index contributed by atoms with van der Waals surface area (Å²) in [6.45, 7) is 1.99. The lowest BCUT2D eigenvalue weighted by atomic mass is 10.0. The van der Waals surface area contributed by atoms with E-state index in [1.807, 2.05) is 19.1 Å². The van der Waals surface area contributed by atoms with Crippen LogP contribution < -0.4 is 4.74 Å². The molecule has 1 unspecified atom stereocenters. The summed E-state index contributed by atoms with van der Waals surface area (Å²) in [6, 6.07) is 5.39. The number of carbonyl (C=O) groups is 2. The van der Waals surface area contributed by atoms with Crippen molar-refractivity contribution in [3.8, 4) is 5.75 Å². The van der Waals surface area contributed by atoms with Crippen molar-refractivity contribution >= 4 is 11.8 Å². The number of carbonyl (C=O) groups excluding carboxylic acids is 1. The minimum Gasteiger partial charge on any atom is -0.490 e. The van der Waals surface area contributed by atoms with Crippen LogP contribution in [0.25, 0.3) is 0 Å². The van der Waals surface area contributed by atoms with Gasteiger partial charge in [-0.1, -0.05) is 0 Å². The maximum atomic E-state index is 12.1. The van der Waals surface area contributed by atoms with Crippen molar-refractivity contribution in [2.24, 2.45) is 11.8 Å². The first kappa shape index (κ1) is 11.3. The number of aliphatic carboxylic acids is 1. The van der Waals surface area contributed by atoms with E-state index in [0.29, 0.717) is 12.0 Å². The third-order valence-electron chi connectivity index (χ3n) is 3.62. The number of carboxylic acid groups (broad SMARTS) is 1. The van der Waals surface area contributed by atoms with Gasteiger partial charge in [-0.25, -0.2) is 0 Å². The normalized spacial score (nSPS) is 28.4. The average molecular weight is 246 g/mol. The van der Waals surface area contributed by atoms with E-state index in [1.54, 1.807) is 6.07 Å². The lowest BCUT2D eigenvalue weighted by Crippen LogP contribution is -2.08. The average Bonchev–Trinajstić information content (AvgIpc) is 3.03. The van der Waals surface area contributed by atoms with Gasteiger partial charge in [-0.2, -0.15) is 0 Å². The van der Waals surface area contributed by atoms with Gasteiger partial charge in [-0.05, 0) is 37.1 Å². The highest BCUT2D eigenvalue weighted by Gasteiger charge is 2.48. The number of benzene rings is 1. The highest BCUT2D eigenvalue weighted by atomic mass is 16.5. The molecule has 4 nitrogen and oxygen atoms in total. The van der Waals surface area contributed by atoms with E-state index in [9.17, 15) is 9.59 Å². The highest BCUT2D eigenvalue weighted by Crippen LogP contribution is 2.41. The Morgan fingerprint density at radius 2 is 2.11 bits per heavy atom. The summed E-state index contributed by atoms with van der Waals surface area (Å²) >= 11 is 0. The van der Waals surface area contributed by atoms with Crippen LogP contribution in [0.3, 0.4) is 0 Å². The molecule has 18 heavy (non-hydrogen) atoms. The molecule has 0 saturated heterocycles. The fourth-order valence-electron chi connectivity index (χ4n) is 2.55. The van der Waals surface area contributed by atoms with Crippen molar-refractivity contribution in [3.05, 3.63) is 29.3 Å². The van der Waals surface area contributed by atoms with Gasteiger partial charge in [0.1, 0.15) is 11.9 Å². The molecule has 0 bridgehead atoms. The smallest absolute Gasteiger partial charge is 0.307 e. The second-order valence-electron chi connectivity index (χ2n) is 5.11. The van der Waals surface area contributed by atoms with Crippen LogP contribution >= 0.6 is 0 Å². The summed E-state index contributed by atoms with van der Waals surface area (Å²) < 4.78 is 5.57. The molecule has 1 N–H and O–H groups in total. The molecule has 1 saturated carbocycles. The maximum Gasteiger partial charge on any atom is 0.307 e. The van der Waals surface area contributed by atoms with E-state index >= 15 is 0 Å². The summed E-state index contributed by atoms with van der Waals surface area (Å²) in [7, 11) is 0. The van der Waals surface area contributed by atoms with Gasteiger partial charge in [-0.3, -0.25) is 9.59 Å². The molecule has 3 atom stereocenters. The number of ketones is 1. The SMILES string of the molecule is CC1Cc2cc(C(=O)[C@H]3C[C@@H]3C(=O)O)ccc2O1. The van der Waals surface area contributed by atoms with Crippen LogP contribution in [-0.2, 0) is 11.2 Å². The van der Waals surface area contributed by atoms with Crippen LogP contribution in [-0.4, -0.2) is 23.0 Å². The summed E-state index contributed by atoms with van der Waals surface area (Å²) in [5.41, 5.74) is 1.65. The molecule has 2 aliphatic rings. The number of hydrogen-bond donors (Lipinski definition) is 1. The van der Waals surface area contributed by atoms with E-state index in [2.05, 4.69) is 0 Å². The molecule has 4 heteroatoms. The molecule has 0 amide bonds. The molecule has 1 aliphatic carbocycles. The first-order valence-electron chi connectivity index (χ1n) is 6.13.